The molecule has 0 saturated carbocycles. The molecule has 0 aromatic rings. The van der Waals surface area contributed by atoms with E-state index in [2.05, 4.69) is 17.1 Å². The summed E-state index contributed by atoms with van der Waals surface area (Å²) in [6, 6.07) is 0. The van der Waals surface area contributed by atoms with Crippen molar-refractivity contribution in [1.82, 2.24) is 0 Å². The van der Waals surface area contributed by atoms with E-state index in [4.69, 9.17) is 11.5 Å². The largest absolute Gasteiger partial charge is 0.362 e. The molecule has 14 heavy (non-hydrogen) atoms. The third kappa shape index (κ3) is 3.74. The van der Waals surface area contributed by atoms with Gasteiger partial charge in [0.1, 0.15) is 0 Å². The first-order chi connectivity index (χ1) is 6.72. The molecular formula is C9H21N5+2. The molecule has 1 fully saturated rings. The molecule has 6 N–H and O–H groups in total. The zero-order valence-electron chi connectivity index (χ0n) is 8.84. The SMILES string of the molecule is CCC[NH+]1CCC(=N[NH+]=C(N)N)CC1. The normalized spacial score (nSPS) is 21.8. The summed E-state index contributed by atoms with van der Waals surface area (Å²) in [5.74, 6) is 0.167. The maximum absolute atomic E-state index is 5.26. The van der Waals surface area contributed by atoms with E-state index in [1.807, 2.05) is 0 Å². The molecule has 0 aromatic carbocycles. The second kappa shape index (κ2) is 5.59. The van der Waals surface area contributed by atoms with Crippen LogP contribution in [-0.2, 0) is 0 Å². The smallest absolute Gasteiger partial charge is 0.334 e. The topological polar surface area (TPSA) is 82.8 Å². The van der Waals surface area contributed by atoms with Crippen LogP contribution in [0.15, 0.2) is 5.10 Å². The first-order valence-corrected chi connectivity index (χ1v) is 5.25. The number of hydrogen-bond donors (Lipinski definition) is 4. The number of hydrazone groups is 1. The Kier molecular flexibility index (Phi) is 4.39. The van der Waals surface area contributed by atoms with Crippen molar-refractivity contribution in [2.24, 2.45) is 16.6 Å². The number of guanidine groups is 1. The van der Waals surface area contributed by atoms with Gasteiger partial charge in [0.15, 0.2) is 0 Å². The van der Waals surface area contributed by atoms with Gasteiger partial charge in [-0.3, -0.25) is 11.5 Å². The van der Waals surface area contributed by atoms with Gasteiger partial charge in [-0.2, -0.15) is 5.10 Å². The molecule has 1 rings (SSSR count). The summed E-state index contributed by atoms with van der Waals surface area (Å²) in [5.41, 5.74) is 11.7. The first kappa shape index (κ1) is 11.0. The highest BCUT2D eigenvalue weighted by Crippen LogP contribution is 1.92. The quantitative estimate of drug-likeness (QED) is 0.219. The molecular weight excluding hydrogens is 178 g/mol. The van der Waals surface area contributed by atoms with E-state index in [-0.39, 0.29) is 5.96 Å². The number of nitrogens with one attached hydrogen (secondary N) is 2. The van der Waals surface area contributed by atoms with Crippen LogP contribution in [0.4, 0.5) is 0 Å². The van der Waals surface area contributed by atoms with Gasteiger partial charge in [0.05, 0.1) is 25.3 Å². The van der Waals surface area contributed by atoms with E-state index in [1.54, 1.807) is 4.90 Å². The fraction of sp³-hybridized carbons (Fsp3) is 0.778. The molecule has 5 heteroatoms. The van der Waals surface area contributed by atoms with Gasteiger partial charge in [-0.05, 0) is 6.42 Å². The molecule has 1 heterocycles. The van der Waals surface area contributed by atoms with Gasteiger partial charge in [-0.25, -0.2) is 0 Å². The van der Waals surface area contributed by atoms with Crippen molar-refractivity contribution in [2.45, 2.75) is 26.2 Å². The molecule has 0 aliphatic carbocycles. The van der Waals surface area contributed by atoms with Crippen molar-refractivity contribution in [3.63, 3.8) is 0 Å². The van der Waals surface area contributed by atoms with Crippen LogP contribution in [0.3, 0.4) is 0 Å². The molecule has 0 spiro atoms. The van der Waals surface area contributed by atoms with Gasteiger partial charge < -0.3 is 4.90 Å². The lowest BCUT2D eigenvalue weighted by molar-refractivity contribution is -0.901. The zero-order valence-corrected chi connectivity index (χ0v) is 8.84. The van der Waals surface area contributed by atoms with Gasteiger partial charge in [-0.1, -0.05) is 6.92 Å². The number of piperidine rings is 1. The third-order valence-corrected chi connectivity index (χ3v) is 2.48. The molecule has 1 aliphatic heterocycles. The lowest BCUT2D eigenvalue weighted by atomic mass is 10.1. The summed E-state index contributed by atoms with van der Waals surface area (Å²) in [7, 11) is 0. The van der Waals surface area contributed by atoms with Gasteiger partial charge in [0.25, 0.3) is 0 Å². The minimum absolute atomic E-state index is 0.167. The average Bonchev–Trinajstić information content (AvgIpc) is 2.17. The number of nitrogens with zero attached hydrogens (tertiary/aromatic N) is 1. The summed E-state index contributed by atoms with van der Waals surface area (Å²) in [6.07, 6.45) is 3.36. The molecule has 0 radical (unpaired) electrons. The van der Waals surface area contributed by atoms with Crippen molar-refractivity contribution in [3.8, 4) is 0 Å². The maximum atomic E-state index is 5.26. The second-order valence-corrected chi connectivity index (χ2v) is 3.75. The fourth-order valence-electron chi connectivity index (χ4n) is 1.75. The highest BCUT2D eigenvalue weighted by Gasteiger charge is 2.17. The Morgan fingerprint density at radius 3 is 2.57 bits per heavy atom. The number of likely N-dealkylation sites (tertiary alicyclic amines) is 1. The van der Waals surface area contributed by atoms with Gasteiger partial charge >= 0.3 is 5.96 Å². The minimum Gasteiger partial charge on any atom is -0.334 e. The van der Waals surface area contributed by atoms with Crippen LogP contribution in [0.25, 0.3) is 0 Å². The van der Waals surface area contributed by atoms with Crippen LogP contribution in [0.2, 0.25) is 0 Å². The van der Waals surface area contributed by atoms with Crippen molar-refractivity contribution < 1.29 is 10.0 Å². The van der Waals surface area contributed by atoms with Crippen molar-refractivity contribution in [3.05, 3.63) is 0 Å². The van der Waals surface area contributed by atoms with E-state index >= 15 is 0 Å². The highest BCUT2D eigenvalue weighted by molar-refractivity contribution is 5.84. The van der Waals surface area contributed by atoms with Gasteiger partial charge in [-0.15, -0.1) is 5.10 Å². The zero-order chi connectivity index (χ0) is 10.4. The van der Waals surface area contributed by atoms with Crippen molar-refractivity contribution in [1.29, 1.82) is 0 Å². The third-order valence-electron chi connectivity index (χ3n) is 2.48. The predicted molar refractivity (Wildman–Crippen MR) is 56.9 cm³/mol. The summed E-state index contributed by atoms with van der Waals surface area (Å²) in [6.45, 7) is 5.85. The van der Waals surface area contributed by atoms with Crippen LogP contribution in [0, 0.1) is 0 Å². The molecule has 1 saturated heterocycles. The lowest BCUT2D eigenvalue weighted by Crippen LogP contribution is -3.13. The van der Waals surface area contributed by atoms with Gasteiger partial charge in [0, 0.05) is 12.8 Å². The van der Waals surface area contributed by atoms with Crippen molar-refractivity contribution in [2.75, 3.05) is 19.6 Å². The van der Waals surface area contributed by atoms with E-state index in [0.29, 0.717) is 0 Å². The Labute approximate surface area is 84.9 Å². The van der Waals surface area contributed by atoms with Crippen LogP contribution in [0.5, 0.6) is 0 Å². The Morgan fingerprint density at radius 2 is 2.07 bits per heavy atom. The Morgan fingerprint density at radius 1 is 1.43 bits per heavy atom. The molecule has 0 atom stereocenters. The van der Waals surface area contributed by atoms with E-state index < -0.39 is 0 Å². The Bertz CT molecular complexity index is 219. The molecule has 0 unspecified atom stereocenters. The van der Waals surface area contributed by atoms with Crippen molar-refractivity contribution >= 4 is 11.7 Å². The highest BCUT2D eigenvalue weighted by atomic mass is 15.3. The summed E-state index contributed by atoms with van der Waals surface area (Å²) in [5, 5.41) is 6.76. The monoisotopic (exact) mass is 199 g/mol. The first-order valence-electron chi connectivity index (χ1n) is 5.25. The lowest BCUT2D eigenvalue weighted by Gasteiger charge is -2.23. The Hall–Kier alpha value is -1.10. The second-order valence-electron chi connectivity index (χ2n) is 3.75. The van der Waals surface area contributed by atoms with Crippen LogP contribution in [0.1, 0.15) is 26.2 Å². The van der Waals surface area contributed by atoms with E-state index in [0.717, 1.165) is 12.8 Å². The fourth-order valence-corrected chi connectivity index (χ4v) is 1.75. The number of nitrogens with two attached hydrogens (primary N) is 2. The predicted octanol–water partition coefficient (Wildman–Crippen LogP) is -3.21. The standard InChI is InChI=1S/C9H19N5/c1-2-5-14-6-3-8(4-7-14)12-13-9(10)11/h2-7H2,1H3,(H4,10,11,13)/p+2. The van der Waals surface area contributed by atoms with E-state index in [1.165, 1.54) is 31.8 Å². The molecule has 0 aromatic heterocycles. The maximum Gasteiger partial charge on any atom is 0.362 e. The number of rotatable bonds is 3. The molecule has 5 nitrogen and oxygen atoms in total. The van der Waals surface area contributed by atoms with Crippen LogP contribution >= 0.6 is 0 Å². The average molecular weight is 199 g/mol. The van der Waals surface area contributed by atoms with Crippen LogP contribution < -0.4 is 21.5 Å². The minimum atomic E-state index is 0.167. The number of hydrogen-bond acceptors (Lipinski definition) is 1. The summed E-state index contributed by atoms with van der Waals surface area (Å²) in [4.78, 5) is 1.68. The Balaban J connectivity index is 2.35. The summed E-state index contributed by atoms with van der Waals surface area (Å²) < 4.78 is 0. The summed E-state index contributed by atoms with van der Waals surface area (Å²) >= 11 is 0. The molecule has 80 valence electrons. The molecule has 0 bridgehead atoms. The van der Waals surface area contributed by atoms with Crippen LogP contribution in [-0.4, -0.2) is 31.3 Å². The van der Waals surface area contributed by atoms with Gasteiger partial charge in [0.2, 0.25) is 0 Å². The van der Waals surface area contributed by atoms with E-state index in [9.17, 15) is 0 Å². The molecule has 0 amide bonds. The molecule has 1 aliphatic rings. The number of quaternary nitrogens is 1.